The van der Waals surface area contributed by atoms with Crippen molar-refractivity contribution in [1.82, 2.24) is 4.90 Å². The van der Waals surface area contributed by atoms with E-state index in [1.54, 1.807) is 30.1 Å². The molecular formula is C25H34N4O5. The van der Waals surface area contributed by atoms with E-state index >= 15 is 0 Å². The van der Waals surface area contributed by atoms with E-state index in [1.807, 2.05) is 38.1 Å². The van der Waals surface area contributed by atoms with Crippen molar-refractivity contribution in [2.24, 2.45) is 0 Å². The largest absolute Gasteiger partial charge is 0.494 e. The van der Waals surface area contributed by atoms with Crippen LogP contribution in [-0.4, -0.2) is 76.4 Å². The van der Waals surface area contributed by atoms with E-state index < -0.39 is 0 Å². The molecule has 0 aliphatic carbocycles. The summed E-state index contributed by atoms with van der Waals surface area (Å²) in [5, 5.41) is 5.74. The van der Waals surface area contributed by atoms with Gasteiger partial charge in [0.1, 0.15) is 11.5 Å². The molecule has 1 saturated heterocycles. The maximum Gasteiger partial charge on any atom is 0.238 e. The van der Waals surface area contributed by atoms with Crippen LogP contribution in [0.5, 0.6) is 11.5 Å². The van der Waals surface area contributed by atoms with E-state index in [4.69, 9.17) is 14.2 Å². The van der Waals surface area contributed by atoms with Gasteiger partial charge in [-0.1, -0.05) is 0 Å². The minimum atomic E-state index is -0.250. The van der Waals surface area contributed by atoms with E-state index in [0.717, 1.165) is 32.0 Å². The van der Waals surface area contributed by atoms with Crippen molar-refractivity contribution in [3.63, 3.8) is 0 Å². The predicted octanol–water partition coefficient (Wildman–Crippen LogP) is 2.83. The smallest absolute Gasteiger partial charge is 0.238 e. The second-order valence-electron chi connectivity index (χ2n) is 7.94. The molecule has 2 aromatic carbocycles. The molecule has 2 N–H and O–H groups in total. The summed E-state index contributed by atoms with van der Waals surface area (Å²) in [6, 6.07) is 13.1. The van der Waals surface area contributed by atoms with Crippen LogP contribution >= 0.6 is 0 Å². The number of morpholine rings is 1. The van der Waals surface area contributed by atoms with E-state index in [-0.39, 0.29) is 24.9 Å². The Bertz CT molecular complexity index is 945. The number of rotatable bonds is 11. The van der Waals surface area contributed by atoms with Gasteiger partial charge in [0.2, 0.25) is 11.8 Å². The number of likely N-dealkylation sites (N-methyl/N-ethyl adjacent to an activating group) is 1. The minimum Gasteiger partial charge on any atom is -0.494 e. The Morgan fingerprint density at radius 3 is 2.24 bits per heavy atom. The Morgan fingerprint density at radius 2 is 1.59 bits per heavy atom. The molecule has 0 spiro atoms. The highest BCUT2D eigenvalue weighted by Gasteiger charge is 2.15. The zero-order valence-electron chi connectivity index (χ0n) is 20.1. The number of hydrogen-bond acceptors (Lipinski definition) is 7. The summed E-state index contributed by atoms with van der Waals surface area (Å²) in [5.41, 5.74) is 2.36. The number of carbonyl (C=O) groups excluding carboxylic acids is 2. The first-order valence-electron chi connectivity index (χ1n) is 11.6. The average Bonchev–Trinajstić information content (AvgIpc) is 2.82. The molecule has 3 rings (SSSR count). The number of hydrogen-bond donors (Lipinski definition) is 2. The molecule has 1 heterocycles. The first-order chi connectivity index (χ1) is 16.5. The second kappa shape index (κ2) is 12.8. The highest BCUT2D eigenvalue weighted by Crippen LogP contribution is 2.29. The third-order valence-corrected chi connectivity index (χ3v) is 5.19. The Labute approximate surface area is 201 Å². The third kappa shape index (κ3) is 7.64. The Kier molecular flexibility index (Phi) is 9.54. The van der Waals surface area contributed by atoms with Crippen LogP contribution in [0.1, 0.15) is 13.8 Å². The summed E-state index contributed by atoms with van der Waals surface area (Å²) < 4.78 is 16.5. The van der Waals surface area contributed by atoms with E-state index in [1.165, 1.54) is 0 Å². The first-order valence-corrected chi connectivity index (χ1v) is 11.6. The second-order valence-corrected chi connectivity index (χ2v) is 7.94. The molecule has 34 heavy (non-hydrogen) atoms. The molecule has 0 bridgehead atoms. The molecule has 9 nitrogen and oxygen atoms in total. The maximum atomic E-state index is 12.6. The lowest BCUT2D eigenvalue weighted by Gasteiger charge is -2.28. The normalized spacial score (nSPS) is 13.5. The van der Waals surface area contributed by atoms with Crippen molar-refractivity contribution in [2.45, 2.75) is 13.8 Å². The lowest BCUT2D eigenvalue weighted by molar-refractivity contribution is -0.119. The Hall–Kier alpha value is -3.30. The van der Waals surface area contributed by atoms with Crippen LogP contribution < -0.4 is 25.0 Å². The number of ether oxygens (including phenoxy) is 3. The van der Waals surface area contributed by atoms with Crippen molar-refractivity contribution < 1.29 is 23.8 Å². The molecule has 2 aromatic rings. The molecule has 0 unspecified atom stereocenters. The summed E-state index contributed by atoms with van der Waals surface area (Å²) in [6.07, 6.45) is 0. The van der Waals surface area contributed by atoms with Crippen LogP contribution in [0.15, 0.2) is 42.5 Å². The van der Waals surface area contributed by atoms with Crippen LogP contribution in [0.4, 0.5) is 17.1 Å². The van der Waals surface area contributed by atoms with Crippen LogP contribution in [0, 0.1) is 0 Å². The molecule has 0 atom stereocenters. The molecule has 1 fully saturated rings. The van der Waals surface area contributed by atoms with Gasteiger partial charge in [-0.05, 0) is 57.3 Å². The highest BCUT2D eigenvalue weighted by molar-refractivity contribution is 5.95. The van der Waals surface area contributed by atoms with Crippen LogP contribution in [0.25, 0.3) is 0 Å². The molecule has 0 aromatic heterocycles. The van der Waals surface area contributed by atoms with Gasteiger partial charge in [-0.2, -0.15) is 0 Å². The number of benzene rings is 2. The number of amides is 2. The Morgan fingerprint density at radius 1 is 0.941 bits per heavy atom. The van der Waals surface area contributed by atoms with Gasteiger partial charge in [0.25, 0.3) is 0 Å². The lowest BCUT2D eigenvalue weighted by atomic mass is 10.2. The van der Waals surface area contributed by atoms with E-state index in [2.05, 4.69) is 15.5 Å². The van der Waals surface area contributed by atoms with Gasteiger partial charge in [-0.3, -0.25) is 14.5 Å². The van der Waals surface area contributed by atoms with Gasteiger partial charge >= 0.3 is 0 Å². The van der Waals surface area contributed by atoms with Gasteiger partial charge in [0.15, 0.2) is 0 Å². The van der Waals surface area contributed by atoms with Gasteiger partial charge in [0, 0.05) is 30.5 Å². The molecule has 184 valence electrons. The van der Waals surface area contributed by atoms with Crippen molar-refractivity contribution in [1.29, 1.82) is 0 Å². The van der Waals surface area contributed by atoms with Crippen LogP contribution in [-0.2, 0) is 14.3 Å². The molecule has 1 aliphatic heterocycles. The van der Waals surface area contributed by atoms with Crippen molar-refractivity contribution in [3.05, 3.63) is 42.5 Å². The van der Waals surface area contributed by atoms with Gasteiger partial charge in [0.05, 0.1) is 45.2 Å². The lowest BCUT2D eigenvalue weighted by Crippen LogP contribution is -2.36. The Balaban J connectivity index is 1.49. The van der Waals surface area contributed by atoms with Gasteiger partial charge < -0.3 is 29.7 Å². The zero-order chi connectivity index (χ0) is 24.3. The predicted molar refractivity (Wildman–Crippen MR) is 133 cm³/mol. The number of carbonyl (C=O) groups is 2. The summed E-state index contributed by atoms with van der Waals surface area (Å²) >= 11 is 0. The first kappa shape index (κ1) is 25.3. The minimum absolute atomic E-state index is 0.0494. The fraction of sp³-hybridized carbons (Fsp3) is 0.440. The average molecular weight is 471 g/mol. The molecular weight excluding hydrogens is 436 g/mol. The molecule has 1 aliphatic rings. The fourth-order valence-electron chi connectivity index (χ4n) is 3.66. The zero-order valence-corrected chi connectivity index (χ0v) is 20.1. The van der Waals surface area contributed by atoms with Crippen molar-refractivity contribution >= 4 is 28.9 Å². The third-order valence-electron chi connectivity index (χ3n) is 5.19. The summed E-state index contributed by atoms with van der Waals surface area (Å²) in [4.78, 5) is 28.9. The van der Waals surface area contributed by atoms with Crippen molar-refractivity contribution in [2.75, 3.05) is 75.2 Å². The topological polar surface area (TPSA) is 92.4 Å². The van der Waals surface area contributed by atoms with Crippen LogP contribution in [0.2, 0.25) is 0 Å². The SMILES string of the molecule is CCOc1ccc(OCC)c(NC(=O)CN(C)CC(=O)Nc2ccc(N3CCOCC3)cc2)c1. The fourth-order valence-corrected chi connectivity index (χ4v) is 3.66. The number of nitrogens with one attached hydrogen (secondary N) is 2. The summed E-state index contributed by atoms with van der Waals surface area (Å²) in [7, 11) is 1.72. The molecule has 0 radical (unpaired) electrons. The van der Waals surface area contributed by atoms with Crippen LogP contribution in [0.3, 0.4) is 0 Å². The van der Waals surface area contributed by atoms with Gasteiger partial charge in [-0.15, -0.1) is 0 Å². The molecule has 9 heteroatoms. The quantitative estimate of drug-likeness (QED) is 0.522. The summed E-state index contributed by atoms with van der Waals surface area (Å²) in [5.74, 6) is 0.774. The van der Waals surface area contributed by atoms with E-state index in [9.17, 15) is 9.59 Å². The standard InChI is InChI=1S/C25H34N4O5/c1-4-33-21-10-11-23(34-5-2)22(16-21)27-25(31)18-28(3)17-24(30)26-19-6-8-20(9-7-19)29-12-14-32-15-13-29/h6-11,16H,4-5,12-15,17-18H2,1-3H3,(H,26,30)(H,27,31). The molecule has 2 amide bonds. The maximum absolute atomic E-state index is 12.6. The summed E-state index contributed by atoms with van der Waals surface area (Å²) in [6.45, 7) is 8.08. The van der Waals surface area contributed by atoms with Crippen molar-refractivity contribution in [3.8, 4) is 11.5 Å². The highest BCUT2D eigenvalue weighted by atomic mass is 16.5. The number of anilines is 3. The van der Waals surface area contributed by atoms with E-state index in [0.29, 0.717) is 36.1 Å². The monoisotopic (exact) mass is 470 g/mol. The van der Waals surface area contributed by atoms with Gasteiger partial charge in [-0.25, -0.2) is 0 Å². The number of nitrogens with zero attached hydrogens (tertiary/aromatic N) is 2. The molecule has 0 saturated carbocycles.